The van der Waals surface area contributed by atoms with E-state index in [4.69, 9.17) is 5.73 Å². The average molecular weight is 335 g/mol. The molecule has 5 heteroatoms. The van der Waals surface area contributed by atoms with E-state index in [1.54, 1.807) is 12.1 Å². The molecule has 0 radical (unpaired) electrons. The van der Waals surface area contributed by atoms with Crippen LogP contribution in [0.5, 0.6) is 0 Å². The number of nitrogens with zero attached hydrogens (tertiary/aromatic N) is 1. The molecular weight excluding hydrogens is 320 g/mol. The number of nitrogen functional groups attached to an aromatic ring is 1. The highest BCUT2D eigenvalue weighted by molar-refractivity contribution is 9.10. The van der Waals surface area contributed by atoms with Gasteiger partial charge in [0.2, 0.25) is 0 Å². The normalized spacial score (nSPS) is 10.3. The molecule has 0 atom stereocenters. The Morgan fingerprint density at radius 2 is 1.90 bits per heavy atom. The molecule has 0 aliphatic rings. The first kappa shape index (κ1) is 14.4. The van der Waals surface area contributed by atoms with Crippen molar-refractivity contribution in [2.24, 2.45) is 0 Å². The lowest BCUT2D eigenvalue weighted by Gasteiger charge is -2.21. The van der Waals surface area contributed by atoms with Gasteiger partial charge in [0, 0.05) is 23.8 Å². The smallest absolute Gasteiger partial charge is 0.337 e. The summed E-state index contributed by atoms with van der Waals surface area (Å²) in [6, 6.07) is 12.8. The number of anilines is 2. The SMILES string of the molecule is CN(Cc1ccc(Br)cc1)c1ccc(N)cc1C(=O)O. The highest BCUT2D eigenvalue weighted by atomic mass is 79.9. The number of halogens is 1. The van der Waals surface area contributed by atoms with Gasteiger partial charge in [-0.1, -0.05) is 28.1 Å². The second kappa shape index (κ2) is 5.96. The van der Waals surface area contributed by atoms with Crippen LogP contribution in [0.4, 0.5) is 11.4 Å². The van der Waals surface area contributed by atoms with E-state index in [0.29, 0.717) is 17.9 Å². The zero-order valence-electron chi connectivity index (χ0n) is 11.0. The summed E-state index contributed by atoms with van der Waals surface area (Å²) in [6.07, 6.45) is 0. The average Bonchev–Trinajstić information content (AvgIpc) is 2.41. The molecule has 20 heavy (non-hydrogen) atoms. The molecule has 3 N–H and O–H groups in total. The van der Waals surface area contributed by atoms with E-state index in [2.05, 4.69) is 15.9 Å². The van der Waals surface area contributed by atoms with Crippen molar-refractivity contribution in [2.75, 3.05) is 17.7 Å². The highest BCUT2D eigenvalue weighted by Crippen LogP contribution is 2.24. The van der Waals surface area contributed by atoms with Crippen LogP contribution in [0.25, 0.3) is 0 Å². The van der Waals surface area contributed by atoms with Crippen LogP contribution < -0.4 is 10.6 Å². The number of hydrogen-bond donors (Lipinski definition) is 2. The molecule has 0 bridgehead atoms. The third kappa shape index (κ3) is 3.30. The fraction of sp³-hybridized carbons (Fsp3) is 0.133. The van der Waals surface area contributed by atoms with E-state index in [9.17, 15) is 9.90 Å². The lowest BCUT2D eigenvalue weighted by molar-refractivity contribution is 0.0697. The minimum Gasteiger partial charge on any atom is -0.478 e. The van der Waals surface area contributed by atoms with E-state index in [1.807, 2.05) is 36.2 Å². The molecule has 0 fully saturated rings. The molecule has 0 saturated carbocycles. The fourth-order valence-corrected chi connectivity index (χ4v) is 2.27. The minimum absolute atomic E-state index is 0.213. The molecule has 104 valence electrons. The van der Waals surface area contributed by atoms with Crippen LogP contribution in [0, 0.1) is 0 Å². The van der Waals surface area contributed by atoms with Crippen molar-refractivity contribution in [1.82, 2.24) is 0 Å². The molecule has 0 aliphatic heterocycles. The van der Waals surface area contributed by atoms with E-state index >= 15 is 0 Å². The van der Waals surface area contributed by atoms with Crippen LogP contribution in [0.3, 0.4) is 0 Å². The molecule has 0 saturated heterocycles. The van der Waals surface area contributed by atoms with E-state index in [-0.39, 0.29) is 5.56 Å². The van der Waals surface area contributed by atoms with Gasteiger partial charge in [0.1, 0.15) is 0 Å². The molecule has 2 rings (SSSR count). The van der Waals surface area contributed by atoms with Crippen molar-refractivity contribution in [3.05, 3.63) is 58.1 Å². The second-order valence-electron chi connectivity index (χ2n) is 4.56. The molecule has 2 aromatic rings. The van der Waals surface area contributed by atoms with Crippen LogP contribution in [0.1, 0.15) is 15.9 Å². The first-order chi connectivity index (χ1) is 9.47. The molecule has 0 amide bonds. The first-order valence-electron chi connectivity index (χ1n) is 6.06. The summed E-state index contributed by atoms with van der Waals surface area (Å²) >= 11 is 3.39. The lowest BCUT2D eigenvalue weighted by atomic mass is 10.1. The maximum atomic E-state index is 11.3. The zero-order chi connectivity index (χ0) is 14.7. The van der Waals surface area contributed by atoms with Crippen molar-refractivity contribution < 1.29 is 9.90 Å². The predicted octanol–water partition coefficient (Wildman–Crippen LogP) is 3.37. The van der Waals surface area contributed by atoms with Gasteiger partial charge in [-0.15, -0.1) is 0 Å². The number of carboxylic acid groups (broad SMARTS) is 1. The van der Waals surface area contributed by atoms with Gasteiger partial charge in [0.05, 0.1) is 11.3 Å². The first-order valence-corrected chi connectivity index (χ1v) is 6.85. The Morgan fingerprint density at radius 3 is 2.50 bits per heavy atom. The Hall–Kier alpha value is -2.01. The van der Waals surface area contributed by atoms with Gasteiger partial charge in [-0.3, -0.25) is 0 Å². The minimum atomic E-state index is -0.977. The maximum absolute atomic E-state index is 11.3. The van der Waals surface area contributed by atoms with Gasteiger partial charge >= 0.3 is 5.97 Å². The van der Waals surface area contributed by atoms with Crippen molar-refractivity contribution in [1.29, 1.82) is 0 Å². The number of carbonyl (C=O) groups is 1. The lowest BCUT2D eigenvalue weighted by Crippen LogP contribution is -2.19. The monoisotopic (exact) mass is 334 g/mol. The summed E-state index contributed by atoms with van der Waals surface area (Å²) in [5, 5.41) is 9.25. The topological polar surface area (TPSA) is 66.6 Å². The zero-order valence-corrected chi connectivity index (χ0v) is 12.6. The van der Waals surface area contributed by atoms with Crippen LogP contribution in [-0.2, 0) is 6.54 Å². The Labute approximate surface area is 126 Å². The third-order valence-corrected chi connectivity index (χ3v) is 3.52. The number of hydrogen-bond acceptors (Lipinski definition) is 3. The molecule has 0 spiro atoms. The predicted molar refractivity (Wildman–Crippen MR) is 84.1 cm³/mol. The maximum Gasteiger partial charge on any atom is 0.337 e. The molecule has 0 unspecified atom stereocenters. The van der Waals surface area contributed by atoms with Gasteiger partial charge in [0.15, 0.2) is 0 Å². The summed E-state index contributed by atoms with van der Waals surface area (Å²) in [5.74, 6) is -0.977. The third-order valence-electron chi connectivity index (χ3n) is 3.00. The van der Waals surface area contributed by atoms with Gasteiger partial charge in [-0.2, -0.15) is 0 Å². The van der Waals surface area contributed by atoms with E-state index in [0.717, 1.165) is 10.0 Å². The van der Waals surface area contributed by atoms with Crippen LogP contribution >= 0.6 is 15.9 Å². The van der Waals surface area contributed by atoms with Crippen molar-refractivity contribution in [3.8, 4) is 0 Å². The van der Waals surface area contributed by atoms with E-state index < -0.39 is 5.97 Å². The number of benzene rings is 2. The molecule has 0 heterocycles. The van der Waals surface area contributed by atoms with Gasteiger partial charge in [-0.05, 0) is 35.9 Å². The Morgan fingerprint density at radius 1 is 1.25 bits per heavy atom. The Balaban J connectivity index is 2.27. The Kier molecular flexibility index (Phi) is 4.29. The van der Waals surface area contributed by atoms with Crippen LogP contribution in [0.15, 0.2) is 46.9 Å². The Bertz CT molecular complexity index is 626. The summed E-state index contributed by atoms with van der Waals surface area (Å²) < 4.78 is 1.02. The molecular formula is C15H15BrN2O2. The quantitative estimate of drug-likeness (QED) is 0.841. The number of rotatable bonds is 4. The van der Waals surface area contributed by atoms with Crippen LogP contribution in [0.2, 0.25) is 0 Å². The van der Waals surface area contributed by atoms with Crippen molar-refractivity contribution >= 4 is 33.3 Å². The molecule has 0 aliphatic carbocycles. The summed E-state index contributed by atoms with van der Waals surface area (Å²) in [6.45, 7) is 0.622. The van der Waals surface area contributed by atoms with Gasteiger partial charge < -0.3 is 15.7 Å². The number of nitrogens with two attached hydrogens (primary N) is 1. The summed E-state index contributed by atoms with van der Waals surface area (Å²) in [4.78, 5) is 13.2. The summed E-state index contributed by atoms with van der Waals surface area (Å²) in [7, 11) is 1.86. The highest BCUT2D eigenvalue weighted by Gasteiger charge is 2.14. The van der Waals surface area contributed by atoms with E-state index in [1.165, 1.54) is 6.07 Å². The van der Waals surface area contributed by atoms with Crippen molar-refractivity contribution in [2.45, 2.75) is 6.54 Å². The number of carboxylic acids is 1. The standard InChI is InChI=1S/C15H15BrN2O2/c1-18(9-10-2-4-11(16)5-3-10)14-7-6-12(17)8-13(14)15(19)20/h2-8H,9,17H2,1H3,(H,19,20). The molecule has 2 aromatic carbocycles. The molecule has 0 aromatic heterocycles. The van der Waals surface area contributed by atoms with Gasteiger partial charge in [-0.25, -0.2) is 4.79 Å². The van der Waals surface area contributed by atoms with Crippen molar-refractivity contribution in [3.63, 3.8) is 0 Å². The molecule has 4 nitrogen and oxygen atoms in total. The van der Waals surface area contributed by atoms with Gasteiger partial charge in [0.25, 0.3) is 0 Å². The fourth-order valence-electron chi connectivity index (χ4n) is 2.01. The van der Waals surface area contributed by atoms with Crippen LogP contribution in [-0.4, -0.2) is 18.1 Å². The second-order valence-corrected chi connectivity index (χ2v) is 5.48. The largest absolute Gasteiger partial charge is 0.478 e. The number of aromatic carboxylic acids is 1. The summed E-state index contributed by atoms with van der Waals surface area (Å²) in [5.41, 5.74) is 8.06.